The SMILES string of the molecule is CC[C@@H](C)NC(=O)[C@H](C)N(Cc1cccc(OC)c1)C(=O)CN(c1cccc(C)c1C)S(=O)(=O)c1ccc(C)cc1. The fourth-order valence-electron chi connectivity index (χ4n) is 4.37. The molecule has 3 aromatic carbocycles. The molecule has 0 heterocycles. The Morgan fingerprint density at radius 1 is 0.951 bits per heavy atom. The van der Waals surface area contributed by atoms with Crippen LogP contribution in [0.5, 0.6) is 5.75 Å². The number of carbonyl (C=O) groups excluding carboxylic acids is 2. The molecule has 9 heteroatoms. The van der Waals surface area contributed by atoms with Gasteiger partial charge in [0, 0.05) is 12.6 Å². The first-order chi connectivity index (χ1) is 19.4. The van der Waals surface area contributed by atoms with Crippen LogP contribution in [-0.2, 0) is 26.2 Å². The van der Waals surface area contributed by atoms with E-state index in [0.717, 1.165) is 33.0 Å². The van der Waals surface area contributed by atoms with E-state index in [2.05, 4.69) is 5.32 Å². The molecule has 0 radical (unpaired) electrons. The summed E-state index contributed by atoms with van der Waals surface area (Å²) in [4.78, 5) is 28.8. The number of benzene rings is 3. The fourth-order valence-corrected chi connectivity index (χ4v) is 5.84. The quantitative estimate of drug-likeness (QED) is 0.320. The summed E-state index contributed by atoms with van der Waals surface area (Å²) in [5.74, 6) is -0.197. The molecule has 41 heavy (non-hydrogen) atoms. The second-order valence-electron chi connectivity index (χ2n) is 10.4. The van der Waals surface area contributed by atoms with E-state index in [1.165, 1.54) is 4.90 Å². The van der Waals surface area contributed by atoms with Crippen LogP contribution in [0.25, 0.3) is 0 Å². The molecule has 0 unspecified atom stereocenters. The van der Waals surface area contributed by atoms with Gasteiger partial charge in [-0.15, -0.1) is 0 Å². The average Bonchev–Trinajstić information content (AvgIpc) is 2.95. The number of hydrogen-bond donors (Lipinski definition) is 1. The smallest absolute Gasteiger partial charge is 0.264 e. The molecule has 0 saturated heterocycles. The molecule has 2 atom stereocenters. The summed E-state index contributed by atoms with van der Waals surface area (Å²) < 4.78 is 34.6. The zero-order valence-electron chi connectivity index (χ0n) is 25.0. The van der Waals surface area contributed by atoms with Crippen LogP contribution in [0.4, 0.5) is 5.69 Å². The lowest BCUT2D eigenvalue weighted by Crippen LogP contribution is -2.52. The van der Waals surface area contributed by atoms with E-state index in [-0.39, 0.29) is 23.4 Å². The number of sulfonamides is 1. The lowest BCUT2D eigenvalue weighted by molar-refractivity contribution is -0.139. The van der Waals surface area contributed by atoms with Crippen molar-refractivity contribution in [3.05, 3.63) is 89.0 Å². The lowest BCUT2D eigenvalue weighted by Gasteiger charge is -2.33. The van der Waals surface area contributed by atoms with E-state index in [1.807, 2.05) is 52.8 Å². The van der Waals surface area contributed by atoms with Crippen LogP contribution >= 0.6 is 0 Å². The molecule has 2 amide bonds. The van der Waals surface area contributed by atoms with Crippen LogP contribution < -0.4 is 14.4 Å². The summed E-state index contributed by atoms with van der Waals surface area (Å²) in [6, 6.07) is 18.2. The maximum atomic E-state index is 14.1. The fraction of sp³-hybridized carbons (Fsp3) is 0.375. The maximum absolute atomic E-state index is 14.1. The maximum Gasteiger partial charge on any atom is 0.264 e. The van der Waals surface area contributed by atoms with E-state index in [4.69, 9.17) is 4.74 Å². The summed E-state index contributed by atoms with van der Waals surface area (Å²) in [6.45, 7) is 10.7. The van der Waals surface area contributed by atoms with Gasteiger partial charge in [0.25, 0.3) is 10.0 Å². The van der Waals surface area contributed by atoms with Crippen molar-refractivity contribution >= 4 is 27.5 Å². The summed E-state index contributed by atoms with van der Waals surface area (Å²) in [6.07, 6.45) is 0.734. The first kappa shape index (κ1) is 31.7. The number of nitrogens with zero attached hydrogens (tertiary/aromatic N) is 2. The van der Waals surface area contributed by atoms with Crippen LogP contribution in [0.2, 0.25) is 0 Å². The van der Waals surface area contributed by atoms with Gasteiger partial charge >= 0.3 is 0 Å². The van der Waals surface area contributed by atoms with Gasteiger partial charge in [-0.25, -0.2) is 8.42 Å². The molecule has 220 valence electrons. The molecule has 8 nitrogen and oxygen atoms in total. The predicted molar refractivity (Wildman–Crippen MR) is 163 cm³/mol. The first-order valence-electron chi connectivity index (χ1n) is 13.8. The van der Waals surface area contributed by atoms with Gasteiger partial charge in [-0.3, -0.25) is 13.9 Å². The van der Waals surface area contributed by atoms with Crippen LogP contribution in [0.3, 0.4) is 0 Å². The molecule has 0 saturated carbocycles. The average molecular weight is 580 g/mol. The van der Waals surface area contributed by atoms with Crippen LogP contribution in [-0.4, -0.2) is 50.9 Å². The molecular weight excluding hydrogens is 538 g/mol. The number of hydrogen-bond acceptors (Lipinski definition) is 5. The van der Waals surface area contributed by atoms with E-state index >= 15 is 0 Å². The Labute approximate surface area is 244 Å². The van der Waals surface area contributed by atoms with Gasteiger partial charge in [-0.2, -0.15) is 0 Å². The summed E-state index contributed by atoms with van der Waals surface area (Å²) in [7, 11) is -2.57. The molecule has 1 N–H and O–H groups in total. The van der Waals surface area contributed by atoms with Crippen LogP contribution in [0, 0.1) is 20.8 Å². The van der Waals surface area contributed by atoms with Crippen molar-refractivity contribution in [1.29, 1.82) is 0 Å². The van der Waals surface area contributed by atoms with Gasteiger partial charge in [0.1, 0.15) is 18.3 Å². The number of ether oxygens (including phenoxy) is 1. The minimum absolute atomic E-state index is 0.0768. The van der Waals surface area contributed by atoms with Crippen molar-refractivity contribution in [2.75, 3.05) is 18.0 Å². The number of anilines is 1. The molecule has 0 aromatic heterocycles. The van der Waals surface area contributed by atoms with E-state index < -0.39 is 28.5 Å². The first-order valence-corrected chi connectivity index (χ1v) is 15.2. The van der Waals surface area contributed by atoms with E-state index in [9.17, 15) is 18.0 Å². The van der Waals surface area contributed by atoms with Crippen molar-refractivity contribution in [2.24, 2.45) is 0 Å². The Kier molecular flexibility index (Phi) is 10.6. The van der Waals surface area contributed by atoms with Gasteiger partial charge in [0.2, 0.25) is 11.8 Å². The highest BCUT2D eigenvalue weighted by Crippen LogP contribution is 2.29. The number of rotatable bonds is 12. The van der Waals surface area contributed by atoms with Gasteiger partial charge in [0.15, 0.2) is 0 Å². The molecular formula is C32H41N3O5S. The molecule has 3 aromatic rings. The highest BCUT2D eigenvalue weighted by atomic mass is 32.2. The number of carbonyl (C=O) groups is 2. The molecule has 3 rings (SSSR count). The number of nitrogens with one attached hydrogen (secondary N) is 1. The van der Waals surface area contributed by atoms with Crippen molar-refractivity contribution in [2.45, 2.75) is 71.5 Å². The second-order valence-corrected chi connectivity index (χ2v) is 12.3. The Morgan fingerprint density at radius 2 is 1.61 bits per heavy atom. The highest BCUT2D eigenvalue weighted by molar-refractivity contribution is 7.92. The van der Waals surface area contributed by atoms with Crippen molar-refractivity contribution in [3.63, 3.8) is 0 Å². The normalized spacial score (nSPS) is 12.8. The van der Waals surface area contributed by atoms with Gasteiger partial charge in [-0.1, -0.05) is 48.9 Å². The molecule has 0 spiro atoms. The minimum atomic E-state index is -4.13. The predicted octanol–water partition coefficient (Wildman–Crippen LogP) is 5.15. The number of amides is 2. The topological polar surface area (TPSA) is 96.0 Å². The van der Waals surface area contributed by atoms with E-state index in [1.54, 1.807) is 62.6 Å². The standard InChI is InChI=1S/C32H41N3O5S/c1-8-24(4)33-32(37)26(6)34(20-27-12-10-13-28(19-27)40-7)31(36)21-35(30-14-9-11-23(3)25(30)5)41(38,39)29-17-15-22(2)16-18-29/h9-19,24,26H,8,20-21H2,1-7H3,(H,33,37)/t24-,26+/m1/s1. The minimum Gasteiger partial charge on any atom is -0.497 e. The molecule has 0 fully saturated rings. The van der Waals surface area contributed by atoms with Gasteiger partial charge in [-0.05, 0) is 88.1 Å². The largest absolute Gasteiger partial charge is 0.497 e. The van der Waals surface area contributed by atoms with Crippen molar-refractivity contribution in [1.82, 2.24) is 10.2 Å². The zero-order valence-corrected chi connectivity index (χ0v) is 25.8. The van der Waals surface area contributed by atoms with Gasteiger partial charge in [0.05, 0.1) is 17.7 Å². The number of methoxy groups -OCH3 is 1. The molecule has 0 aliphatic heterocycles. The highest BCUT2D eigenvalue weighted by Gasteiger charge is 2.33. The second kappa shape index (κ2) is 13.7. The monoisotopic (exact) mass is 579 g/mol. The van der Waals surface area contributed by atoms with Crippen molar-refractivity contribution in [3.8, 4) is 5.75 Å². The summed E-state index contributed by atoms with van der Waals surface area (Å²) in [5.41, 5.74) is 3.73. The van der Waals surface area contributed by atoms with E-state index in [0.29, 0.717) is 11.4 Å². The Balaban J connectivity index is 2.08. The third-order valence-electron chi connectivity index (χ3n) is 7.39. The summed E-state index contributed by atoms with van der Waals surface area (Å²) in [5, 5.41) is 2.95. The van der Waals surface area contributed by atoms with Crippen LogP contribution in [0.1, 0.15) is 49.4 Å². The lowest BCUT2D eigenvalue weighted by atomic mass is 10.1. The Morgan fingerprint density at radius 3 is 2.24 bits per heavy atom. The van der Waals surface area contributed by atoms with Crippen molar-refractivity contribution < 1.29 is 22.7 Å². The Hall–Kier alpha value is -3.85. The molecule has 0 aliphatic carbocycles. The number of aryl methyl sites for hydroxylation is 2. The van der Waals surface area contributed by atoms with Gasteiger partial charge < -0.3 is 15.0 Å². The van der Waals surface area contributed by atoms with Crippen LogP contribution in [0.15, 0.2) is 71.6 Å². The Bertz CT molecular complexity index is 1470. The summed E-state index contributed by atoms with van der Waals surface area (Å²) >= 11 is 0. The molecule has 0 aliphatic rings. The third-order valence-corrected chi connectivity index (χ3v) is 9.16. The third kappa shape index (κ3) is 7.67. The molecule has 0 bridgehead atoms. The zero-order chi connectivity index (χ0) is 30.3.